The lowest BCUT2D eigenvalue weighted by Crippen LogP contribution is -2.47. The summed E-state index contributed by atoms with van der Waals surface area (Å²) in [5.41, 5.74) is 0.574. The summed E-state index contributed by atoms with van der Waals surface area (Å²) in [6.07, 6.45) is 0. The van der Waals surface area contributed by atoms with E-state index in [4.69, 9.17) is 23.2 Å². The number of halogens is 3. The van der Waals surface area contributed by atoms with E-state index in [1.54, 1.807) is 6.07 Å². The number of carbonyl (C=O) groups is 4. The lowest BCUT2D eigenvalue weighted by Gasteiger charge is -2.35. The van der Waals surface area contributed by atoms with Crippen molar-refractivity contribution in [3.05, 3.63) is 97.0 Å². The zero-order chi connectivity index (χ0) is 26.1. The van der Waals surface area contributed by atoms with Crippen LogP contribution in [0.4, 0.5) is 5.69 Å². The van der Waals surface area contributed by atoms with Gasteiger partial charge >= 0.3 is 11.9 Å². The second kappa shape index (κ2) is 10.5. The molecular formula is C25H17Cl2IN2O6. The highest BCUT2D eigenvalue weighted by Gasteiger charge is 2.46. The third-order valence-corrected chi connectivity index (χ3v) is 6.84. The number of amides is 2. The standard InChI is InChI=1S/C25H17Cl2IN2O6/c26-15-5-1-13(2-6-15)21-24(34)29(12-20(31)32)19-10-9-17(28)11-18(19)23(33)30(21)22(25(35)36)14-3-7-16(27)8-4-14/h1-11,21-22H,12H2,(H,31,32)(H,35,36)/t21-,22+/m0/s1. The Hall–Kier alpha value is -3.15. The quantitative estimate of drug-likeness (QED) is 0.366. The summed E-state index contributed by atoms with van der Waals surface area (Å²) in [5, 5.41) is 20.6. The molecule has 0 bridgehead atoms. The molecule has 4 rings (SSSR count). The first-order chi connectivity index (χ1) is 17.1. The minimum atomic E-state index is -1.59. The lowest BCUT2D eigenvalue weighted by atomic mass is 9.97. The van der Waals surface area contributed by atoms with Crippen LogP contribution in [0.25, 0.3) is 0 Å². The molecule has 184 valence electrons. The molecule has 2 atom stereocenters. The maximum Gasteiger partial charge on any atom is 0.331 e. The number of carbonyl (C=O) groups excluding carboxylic acids is 2. The monoisotopic (exact) mass is 638 g/mol. The third kappa shape index (κ3) is 5.04. The number of rotatable bonds is 6. The molecule has 0 aliphatic carbocycles. The van der Waals surface area contributed by atoms with Crippen LogP contribution in [-0.2, 0) is 14.4 Å². The minimum Gasteiger partial charge on any atom is -0.480 e. The lowest BCUT2D eigenvalue weighted by molar-refractivity contribution is -0.145. The number of aliphatic carboxylic acids is 2. The number of carboxylic acids is 2. The molecule has 0 fully saturated rings. The van der Waals surface area contributed by atoms with Crippen molar-refractivity contribution >= 4 is 75.2 Å². The Kier molecular flexibility index (Phi) is 7.53. The molecular weight excluding hydrogens is 622 g/mol. The van der Waals surface area contributed by atoms with Crippen molar-refractivity contribution in [2.75, 3.05) is 11.4 Å². The molecule has 0 saturated carbocycles. The first-order valence-corrected chi connectivity index (χ1v) is 12.3. The van der Waals surface area contributed by atoms with Gasteiger partial charge in [-0.05, 0) is 76.2 Å². The summed E-state index contributed by atoms with van der Waals surface area (Å²) in [6, 6.07) is 13.5. The summed E-state index contributed by atoms with van der Waals surface area (Å²) in [7, 11) is 0. The molecule has 8 nitrogen and oxygen atoms in total. The van der Waals surface area contributed by atoms with E-state index in [2.05, 4.69) is 0 Å². The second-order valence-electron chi connectivity index (χ2n) is 7.94. The van der Waals surface area contributed by atoms with E-state index in [0.29, 0.717) is 13.6 Å². The van der Waals surface area contributed by atoms with Gasteiger partial charge in [-0.25, -0.2) is 4.79 Å². The molecule has 3 aromatic carbocycles. The van der Waals surface area contributed by atoms with Gasteiger partial charge in [0.15, 0.2) is 6.04 Å². The molecule has 2 N–H and O–H groups in total. The van der Waals surface area contributed by atoms with Crippen LogP contribution >= 0.6 is 45.8 Å². The molecule has 0 radical (unpaired) electrons. The maximum atomic E-state index is 14.1. The van der Waals surface area contributed by atoms with Crippen LogP contribution in [0.15, 0.2) is 66.7 Å². The number of carboxylic acid groups (broad SMARTS) is 2. The molecule has 3 aromatic rings. The van der Waals surface area contributed by atoms with E-state index in [1.807, 2.05) is 22.6 Å². The average Bonchev–Trinajstić information content (AvgIpc) is 2.90. The van der Waals surface area contributed by atoms with Crippen LogP contribution in [0.5, 0.6) is 0 Å². The number of nitrogens with zero attached hydrogens (tertiary/aromatic N) is 2. The Morgan fingerprint density at radius 3 is 2.06 bits per heavy atom. The van der Waals surface area contributed by atoms with Crippen molar-refractivity contribution in [2.24, 2.45) is 0 Å². The Morgan fingerprint density at radius 2 is 1.50 bits per heavy atom. The van der Waals surface area contributed by atoms with E-state index >= 15 is 0 Å². The van der Waals surface area contributed by atoms with Crippen molar-refractivity contribution < 1.29 is 29.4 Å². The summed E-state index contributed by atoms with van der Waals surface area (Å²) in [4.78, 5) is 54.4. The highest BCUT2D eigenvalue weighted by molar-refractivity contribution is 14.1. The Bertz CT molecular complexity index is 1360. The van der Waals surface area contributed by atoms with E-state index in [1.165, 1.54) is 60.7 Å². The van der Waals surface area contributed by atoms with Gasteiger partial charge in [-0.3, -0.25) is 19.3 Å². The van der Waals surface area contributed by atoms with Crippen LogP contribution in [0, 0.1) is 3.57 Å². The van der Waals surface area contributed by atoms with Crippen LogP contribution in [0.1, 0.15) is 33.6 Å². The van der Waals surface area contributed by atoms with Crippen LogP contribution in [-0.4, -0.2) is 45.4 Å². The number of hydrogen-bond acceptors (Lipinski definition) is 4. The number of hydrogen-bond donors (Lipinski definition) is 2. The summed E-state index contributed by atoms with van der Waals surface area (Å²) in [6.45, 7) is -0.726. The summed E-state index contributed by atoms with van der Waals surface area (Å²) < 4.78 is 0.644. The number of benzene rings is 3. The van der Waals surface area contributed by atoms with E-state index < -0.39 is 42.4 Å². The van der Waals surface area contributed by atoms with Crippen molar-refractivity contribution in [1.29, 1.82) is 0 Å². The van der Waals surface area contributed by atoms with E-state index in [9.17, 15) is 29.4 Å². The van der Waals surface area contributed by atoms with Gasteiger partial charge in [-0.1, -0.05) is 47.5 Å². The molecule has 1 heterocycles. The molecule has 36 heavy (non-hydrogen) atoms. The fourth-order valence-electron chi connectivity index (χ4n) is 4.14. The Morgan fingerprint density at radius 1 is 0.917 bits per heavy atom. The zero-order valence-electron chi connectivity index (χ0n) is 18.3. The van der Waals surface area contributed by atoms with Gasteiger partial charge in [-0.15, -0.1) is 0 Å². The van der Waals surface area contributed by atoms with Crippen molar-refractivity contribution in [3.8, 4) is 0 Å². The molecule has 0 aromatic heterocycles. The maximum absolute atomic E-state index is 14.1. The van der Waals surface area contributed by atoms with Crippen LogP contribution < -0.4 is 4.90 Å². The van der Waals surface area contributed by atoms with Crippen molar-refractivity contribution in [2.45, 2.75) is 12.1 Å². The van der Waals surface area contributed by atoms with Gasteiger partial charge in [0.25, 0.3) is 11.8 Å². The topological polar surface area (TPSA) is 115 Å². The molecule has 0 saturated heterocycles. The Balaban J connectivity index is 2.02. The third-order valence-electron chi connectivity index (χ3n) is 5.67. The molecule has 0 unspecified atom stereocenters. The number of anilines is 1. The summed E-state index contributed by atoms with van der Waals surface area (Å²) in [5.74, 6) is -4.19. The largest absolute Gasteiger partial charge is 0.480 e. The zero-order valence-corrected chi connectivity index (χ0v) is 21.9. The van der Waals surface area contributed by atoms with Crippen molar-refractivity contribution in [3.63, 3.8) is 0 Å². The molecule has 0 spiro atoms. The van der Waals surface area contributed by atoms with Crippen molar-refractivity contribution in [1.82, 2.24) is 4.90 Å². The van der Waals surface area contributed by atoms with Gasteiger partial charge in [-0.2, -0.15) is 0 Å². The van der Waals surface area contributed by atoms with E-state index in [-0.39, 0.29) is 22.4 Å². The fourth-order valence-corrected chi connectivity index (χ4v) is 4.88. The predicted molar refractivity (Wildman–Crippen MR) is 141 cm³/mol. The molecule has 1 aliphatic heterocycles. The minimum absolute atomic E-state index is 0.00757. The molecule has 2 amide bonds. The van der Waals surface area contributed by atoms with E-state index in [0.717, 1.165) is 9.80 Å². The summed E-state index contributed by atoms with van der Waals surface area (Å²) >= 11 is 14.0. The van der Waals surface area contributed by atoms with Gasteiger partial charge < -0.3 is 15.1 Å². The fraction of sp³-hybridized carbons (Fsp3) is 0.120. The first-order valence-electron chi connectivity index (χ1n) is 10.5. The highest BCUT2D eigenvalue weighted by atomic mass is 127. The predicted octanol–water partition coefficient (Wildman–Crippen LogP) is 5.04. The second-order valence-corrected chi connectivity index (χ2v) is 10.1. The van der Waals surface area contributed by atoms with Crippen LogP contribution in [0.2, 0.25) is 10.0 Å². The first kappa shape index (κ1) is 25.9. The SMILES string of the molecule is O=C(O)CN1C(=O)[C@H](c2ccc(Cl)cc2)N([C@@H](C(=O)O)c2ccc(Cl)cc2)C(=O)c2cc(I)ccc21. The van der Waals surface area contributed by atoms with Gasteiger partial charge in [0.1, 0.15) is 12.6 Å². The highest BCUT2D eigenvalue weighted by Crippen LogP contribution is 2.40. The normalized spacial score (nSPS) is 16.4. The number of fused-ring (bicyclic) bond motifs is 1. The molecule has 11 heteroatoms. The average molecular weight is 639 g/mol. The smallest absolute Gasteiger partial charge is 0.331 e. The van der Waals surface area contributed by atoms with Crippen LogP contribution in [0.3, 0.4) is 0 Å². The van der Waals surface area contributed by atoms with Gasteiger partial charge in [0.2, 0.25) is 0 Å². The molecule has 1 aliphatic rings. The Labute approximate surface area is 229 Å². The van der Waals surface area contributed by atoms with Gasteiger partial charge in [0, 0.05) is 13.6 Å². The van der Waals surface area contributed by atoms with Gasteiger partial charge in [0.05, 0.1) is 11.3 Å².